The predicted octanol–water partition coefficient (Wildman–Crippen LogP) is 5.35. The Bertz CT molecular complexity index is 1100. The van der Waals surface area contributed by atoms with E-state index in [-0.39, 0.29) is 11.4 Å². The molecule has 2 N–H and O–H groups in total. The second kappa shape index (κ2) is 8.52. The Morgan fingerprint density at radius 2 is 1.74 bits per heavy atom. The van der Waals surface area contributed by atoms with Crippen molar-refractivity contribution in [1.82, 2.24) is 10.3 Å². The Kier molecular flexibility index (Phi) is 5.79. The highest BCUT2D eigenvalue weighted by atomic mass is 19.1. The lowest BCUT2D eigenvalue weighted by Gasteiger charge is -2.38. The summed E-state index contributed by atoms with van der Waals surface area (Å²) in [5.41, 5.74) is 3.05. The molecule has 0 atom stereocenters. The molecule has 0 spiro atoms. The lowest BCUT2D eigenvalue weighted by atomic mass is 9.98. The molecule has 31 heavy (non-hydrogen) atoms. The van der Waals surface area contributed by atoms with Crippen molar-refractivity contribution < 1.29 is 4.39 Å². The zero-order valence-corrected chi connectivity index (χ0v) is 18.2. The van der Waals surface area contributed by atoms with Crippen molar-refractivity contribution in [2.45, 2.75) is 45.2 Å². The molecule has 1 fully saturated rings. The fourth-order valence-electron chi connectivity index (χ4n) is 4.25. The Balaban J connectivity index is 1.70. The van der Waals surface area contributed by atoms with Crippen molar-refractivity contribution in [2.24, 2.45) is 0 Å². The fraction of sp³-hybridized carbons (Fsp3) is 0.360. The molecule has 3 aromatic rings. The van der Waals surface area contributed by atoms with Gasteiger partial charge in [-0.15, -0.1) is 0 Å². The molecule has 0 saturated carbocycles. The van der Waals surface area contributed by atoms with Gasteiger partial charge >= 0.3 is 0 Å². The predicted molar refractivity (Wildman–Crippen MR) is 124 cm³/mol. The maximum Gasteiger partial charge on any atom is 0.151 e. The molecule has 5 nitrogen and oxygen atoms in total. The van der Waals surface area contributed by atoms with Crippen LogP contribution in [0.4, 0.5) is 21.6 Å². The summed E-state index contributed by atoms with van der Waals surface area (Å²) in [5, 5.41) is 18.0. The van der Waals surface area contributed by atoms with Crippen molar-refractivity contribution in [2.75, 3.05) is 23.3 Å². The highest BCUT2D eigenvalue weighted by Crippen LogP contribution is 2.36. The number of hydrogen-bond acceptors (Lipinski definition) is 5. The standard InChI is InChI=1S/C25H28FN5/c1-25(2,3)30-19-12-14-31(15-13-19)23-20-6-4-5-7-22(20)29-24(21(23)16-27)28-18-10-8-17(26)9-11-18/h4-11,19,30H,12-15H2,1-3H3,(H,28,29). The normalized spacial score (nSPS) is 15.1. The zero-order chi connectivity index (χ0) is 22.0. The number of hydrogen-bond donors (Lipinski definition) is 2. The largest absolute Gasteiger partial charge is 0.370 e. The monoisotopic (exact) mass is 417 g/mol. The fourth-order valence-corrected chi connectivity index (χ4v) is 4.25. The number of aromatic nitrogens is 1. The third-order valence-corrected chi connectivity index (χ3v) is 5.53. The van der Waals surface area contributed by atoms with E-state index in [1.807, 2.05) is 24.3 Å². The van der Waals surface area contributed by atoms with E-state index in [4.69, 9.17) is 4.98 Å². The molecule has 160 valence electrons. The number of nitrogens with one attached hydrogen (secondary N) is 2. The van der Waals surface area contributed by atoms with Crippen LogP contribution < -0.4 is 15.5 Å². The number of piperidine rings is 1. The summed E-state index contributed by atoms with van der Waals surface area (Å²) in [6, 6.07) is 16.8. The number of halogens is 1. The summed E-state index contributed by atoms with van der Waals surface area (Å²) < 4.78 is 13.3. The van der Waals surface area contributed by atoms with Crippen LogP contribution in [0.1, 0.15) is 39.2 Å². The van der Waals surface area contributed by atoms with E-state index >= 15 is 0 Å². The number of rotatable bonds is 4. The second-order valence-corrected chi connectivity index (χ2v) is 9.10. The lowest BCUT2D eigenvalue weighted by Crippen LogP contribution is -2.49. The van der Waals surface area contributed by atoms with Crippen molar-refractivity contribution in [3.8, 4) is 6.07 Å². The van der Waals surface area contributed by atoms with Gasteiger partial charge in [0.05, 0.1) is 11.2 Å². The van der Waals surface area contributed by atoms with Crippen LogP contribution in [0.25, 0.3) is 10.9 Å². The van der Waals surface area contributed by atoms with Gasteiger partial charge in [0, 0.05) is 35.7 Å². The average molecular weight is 418 g/mol. The Morgan fingerprint density at radius 1 is 1.06 bits per heavy atom. The Hall–Kier alpha value is -3.17. The lowest BCUT2D eigenvalue weighted by molar-refractivity contribution is 0.317. The Morgan fingerprint density at radius 3 is 2.39 bits per heavy atom. The summed E-state index contributed by atoms with van der Waals surface area (Å²) in [6.07, 6.45) is 2.03. The third-order valence-electron chi connectivity index (χ3n) is 5.53. The first-order valence-electron chi connectivity index (χ1n) is 10.7. The molecule has 1 saturated heterocycles. The smallest absolute Gasteiger partial charge is 0.151 e. The highest BCUT2D eigenvalue weighted by Gasteiger charge is 2.27. The summed E-state index contributed by atoms with van der Waals surface area (Å²) >= 11 is 0. The maximum absolute atomic E-state index is 13.3. The number of pyridine rings is 1. The van der Waals surface area contributed by atoms with E-state index in [0.717, 1.165) is 42.5 Å². The molecule has 6 heteroatoms. The summed E-state index contributed by atoms with van der Waals surface area (Å²) in [5.74, 6) is 0.197. The molecule has 4 rings (SSSR count). The van der Waals surface area contributed by atoms with E-state index in [9.17, 15) is 9.65 Å². The van der Waals surface area contributed by atoms with Crippen LogP contribution in [0, 0.1) is 17.1 Å². The third kappa shape index (κ3) is 4.78. The van der Waals surface area contributed by atoms with Gasteiger partial charge in [0.1, 0.15) is 17.4 Å². The first-order valence-corrected chi connectivity index (χ1v) is 10.7. The highest BCUT2D eigenvalue weighted by molar-refractivity contribution is 5.98. The van der Waals surface area contributed by atoms with Crippen molar-refractivity contribution in [1.29, 1.82) is 5.26 Å². The van der Waals surface area contributed by atoms with Gasteiger partial charge in [-0.3, -0.25) is 0 Å². The SMILES string of the molecule is CC(C)(C)NC1CCN(c2c(C#N)c(Nc3ccc(F)cc3)nc3ccccc23)CC1. The minimum absolute atomic E-state index is 0.0836. The molecule has 0 unspecified atom stereocenters. The first-order chi connectivity index (χ1) is 14.8. The number of anilines is 3. The van der Waals surface area contributed by atoms with Crippen molar-refractivity contribution in [3.05, 3.63) is 59.9 Å². The molecule has 0 bridgehead atoms. The van der Waals surface area contributed by atoms with Crippen LogP contribution in [0.15, 0.2) is 48.5 Å². The number of nitriles is 1. The maximum atomic E-state index is 13.3. The van der Waals surface area contributed by atoms with Gasteiger partial charge in [0.15, 0.2) is 5.82 Å². The molecule has 0 radical (unpaired) electrons. The van der Waals surface area contributed by atoms with Crippen LogP contribution >= 0.6 is 0 Å². The van der Waals surface area contributed by atoms with E-state index in [1.54, 1.807) is 12.1 Å². The van der Waals surface area contributed by atoms with E-state index in [1.165, 1.54) is 12.1 Å². The first kappa shape index (κ1) is 21.1. The van der Waals surface area contributed by atoms with Crippen LogP contribution in [-0.4, -0.2) is 29.7 Å². The van der Waals surface area contributed by atoms with Gasteiger partial charge in [0.2, 0.25) is 0 Å². The molecular formula is C25H28FN5. The molecular weight excluding hydrogens is 389 g/mol. The van der Waals surface area contributed by atoms with E-state index in [2.05, 4.69) is 42.4 Å². The van der Waals surface area contributed by atoms with E-state index in [0.29, 0.717) is 23.1 Å². The van der Waals surface area contributed by atoms with Gasteiger partial charge < -0.3 is 15.5 Å². The molecule has 2 aromatic carbocycles. The van der Waals surface area contributed by atoms with Gasteiger partial charge in [-0.1, -0.05) is 18.2 Å². The topological polar surface area (TPSA) is 64.0 Å². The molecule has 2 heterocycles. The second-order valence-electron chi connectivity index (χ2n) is 9.10. The zero-order valence-electron chi connectivity index (χ0n) is 18.2. The van der Waals surface area contributed by atoms with Gasteiger partial charge in [-0.05, 0) is 63.9 Å². The molecule has 0 amide bonds. The van der Waals surface area contributed by atoms with E-state index < -0.39 is 0 Å². The summed E-state index contributed by atoms with van der Waals surface area (Å²) in [4.78, 5) is 7.02. The van der Waals surface area contributed by atoms with Crippen LogP contribution in [0.5, 0.6) is 0 Å². The van der Waals surface area contributed by atoms with Crippen LogP contribution in [-0.2, 0) is 0 Å². The molecule has 1 aromatic heterocycles. The molecule has 1 aliphatic rings. The average Bonchev–Trinajstić information content (AvgIpc) is 2.74. The van der Waals surface area contributed by atoms with Crippen molar-refractivity contribution >= 4 is 28.1 Å². The summed E-state index contributed by atoms with van der Waals surface area (Å²) in [6.45, 7) is 8.31. The molecule has 0 aliphatic carbocycles. The minimum atomic E-state index is -0.301. The minimum Gasteiger partial charge on any atom is -0.370 e. The van der Waals surface area contributed by atoms with Gasteiger partial charge in [-0.2, -0.15) is 5.26 Å². The Labute approximate surface area is 182 Å². The summed E-state index contributed by atoms with van der Waals surface area (Å²) in [7, 11) is 0. The van der Waals surface area contributed by atoms with Gasteiger partial charge in [-0.25, -0.2) is 9.37 Å². The number of benzene rings is 2. The van der Waals surface area contributed by atoms with Crippen LogP contribution in [0.3, 0.4) is 0 Å². The number of nitrogens with zero attached hydrogens (tertiary/aromatic N) is 3. The molecule has 1 aliphatic heterocycles. The quantitative estimate of drug-likeness (QED) is 0.599. The van der Waals surface area contributed by atoms with Gasteiger partial charge in [0.25, 0.3) is 0 Å². The van der Waals surface area contributed by atoms with Crippen LogP contribution in [0.2, 0.25) is 0 Å². The van der Waals surface area contributed by atoms with Crippen molar-refractivity contribution in [3.63, 3.8) is 0 Å². The number of fused-ring (bicyclic) bond motifs is 1. The number of para-hydroxylation sites is 1.